The van der Waals surface area contributed by atoms with Gasteiger partial charge in [-0.3, -0.25) is 47.9 Å². The summed E-state index contributed by atoms with van der Waals surface area (Å²) in [7, 11) is 8.59. The Balaban J connectivity index is 1.63. The summed E-state index contributed by atoms with van der Waals surface area (Å²) in [5, 5.41) is 8.39. The zero-order valence-electron chi connectivity index (χ0n) is 57.4. The second kappa shape index (κ2) is 31.0. The minimum Gasteiger partial charge on any atom is -0.497 e. The molecule has 4 fully saturated rings. The van der Waals surface area contributed by atoms with Gasteiger partial charge in [-0.25, -0.2) is 4.79 Å². The van der Waals surface area contributed by atoms with Crippen molar-refractivity contribution in [1.29, 1.82) is 0 Å². The van der Waals surface area contributed by atoms with Gasteiger partial charge >= 0.3 is 11.9 Å². The number of esters is 2. The van der Waals surface area contributed by atoms with Crippen LogP contribution in [0.25, 0.3) is 0 Å². The van der Waals surface area contributed by atoms with Gasteiger partial charge < -0.3 is 59.6 Å². The number of amides is 9. The van der Waals surface area contributed by atoms with E-state index in [9.17, 15) is 38.4 Å². The average molecular weight is 1260 g/mol. The molecule has 23 heteroatoms. The summed E-state index contributed by atoms with van der Waals surface area (Å²) >= 11 is 0. The zero-order valence-corrected chi connectivity index (χ0v) is 57.4. The SMILES string of the molecule is CC[C@H](C)[C@H]1C(=O)NCC(=O)N(C)[C@@H](C(C)C)C(=O)N[C@@H](Cc2ccc(OC)cc2)C(=O)O[C@H](C)C(=O)N2CCCC[C@H]2C(=O)N(C)[C@@H](C(C)C)C(=O)N[C@@H](C(C)C)C(=O)N(C)[C@@H](CC(=O)OC2CC3CCC2(C)C3(C)C)C(=O)N(C)[C@@H]([C@@H](C)CC)C(=O)N1C. The van der Waals surface area contributed by atoms with E-state index in [0.717, 1.165) is 17.7 Å². The van der Waals surface area contributed by atoms with Crippen molar-refractivity contribution < 1.29 is 67.0 Å². The summed E-state index contributed by atoms with van der Waals surface area (Å²) in [5.74, 6) is -9.86. The maximum absolute atomic E-state index is 15.6. The number of nitrogens with one attached hydrogen (secondary N) is 3. The number of rotatable bonds is 13. The van der Waals surface area contributed by atoms with Gasteiger partial charge in [0, 0.05) is 53.6 Å². The van der Waals surface area contributed by atoms with Crippen LogP contribution in [0.2, 0.25) is 0 Å². The van der Waals surface area contributed by atoms with Crippen molar-refractivity contribution in [2.75, 3.05) is 55.4 Å². The van der Waals surface area contributed by atoms with E-state index in [2.05, 4.69) is 36.7 Å². The third-order valence-corrected chi connectivity index (χ3v) is 20.8. The Hall–Kier alpha value is -6.81. The van der Waals surface area contributed by atoms with Crippen LogP contribution in [0, 0.1) is 46.3 Å². The largest absolute Gasteiger partial charge is 0.497 e. The van der Waals surface area contributed by atoms with E-state index in [1.807, 2.05) is 13.8 Å². The second-order valence-corrected chi connectivity index (χ2v) is 27.8. The van der Waals surface area contributed by atoms with Crippen LogP contribution in [-0.4, -0.2) is 210 Å². The third kappa shape index (κ3) is 16.1. The van der Waals surface area contributed by atoms with Crippen molar-refractivity contribution in [3.05, 3.63) is 29.8 Å². The number of methoxy groups -OCH3 is 1. The lowest BCUT2D eigenvalue weighted by molar-refractivity contribution is -0.165. The maximum Gasteiger partial charge on any atom is 0.329 e. The molecule has 2 aliphatic heterocycles. The number of likely N-dealkylation sites (N-methyl/N-ethyl adjacent to an activating group) is 5. The van der Waals surface area contributed by atoms with Crippen LogP contribution in [0.4, 0.5) is 0 Å². The Morgan fingerprint density at radius 2 is 1.20 bits per heavy atom. The summed E-state index contributed by atoms with van der Waals surface area (Å²) in [4.78, 5) is 170. The third-order valence-electron chi connectivity index (χ3n) is 20.8. The van der Waals surface area contributed by atoms with Crippen LogP contribution >= 0.6 is 0 Å². The molecule has 2 saturated carbocycles. The van der Waals surface area contributed by atoms with Gasteiger partial charge in [-0.05, 0) is 104 Å². The monoisotopic (exact) mass is 1260 g/mol. The highest BCUT2D eigenvalue weighted by molar-refractivity contribution is 5.99. The molecule has 90 heavy (non-hydrogen) atoms. The number of hydrogen-bond acceptors (Lipinski definition) is 14. The van der Waals surface area contributed by atoms with Gasteiger partial charge in [0.25, 0.3) is 5.91 Å². The predicted molar refractivity (Wildman–Crippen MR) is 338 cm³/mol. The van der Waals surface area contributed by atoms with Crippen molar-refractivity contribution in [2.24, 2.45) is 46.3 Å². The summed E-state index contributed by atoms with van der Waals surface area (Å²) in [6.07, 6.45) is 1.87. The molecule has 5 rings (SSSR count). The topological polar surface area (TPSA) is 271 Å². The molecule has 2 heterocycles. The van der Waals surface area contributed by atoms with Crippen LogP contribution in [0.15, 0.2) is 24.3 Å². The lowest BCUT2D eigenvalue weighted by Gasteiger charge is -2.41. The fourth-order valence-corrected chi connectivity index (χ4v) is 14.2. The molecule has 0 radical (unpaired) electrons. The van der Waals surface area contributed by atoms with E-state index in [4.69, 9.17) is 14.2 Å². The van der Waals surface area contributed by atoms with E-state index in [-0.39, 0.29) is 30.2 Å². The zero-order chi connectivity index (χ0) is 67.8. The first kappa shape index (κ1) is 73.9. The van der Waals surface area contributed by atoms with E-state index >= 15 is 14.4 Å². The van der Waals surface area contributed by atoms with E-state index in [0.29, 0.717) is 49.3 Å². The molecule has 2 saturated heterocycles. The van der Waals surface area contributed by atoms with Gasteiger partial charge in [0.1, 0.15) is 60.2 Å². The number of fused-ring (bicyclic) bond motifs is 3. The molecule has 2 aliphatic carbocycles. The summed E-state index contributed by atoms with van der Waals surface area (Å²) in [6.45, 7) is 24.9. The smallest absolute Gasteiger partial charge is 0.329 e. The number of ether oxygens (including phenoxy) is 3. The van der Waals surface area contributed by atoms with Gasteiger partial charge in [-0.15, -0.1) is 0 Å². The van der Waals surface area contributed by atoms with Crippen LogP contribution < -0.4 is 20.7 Å². The second-order valence-electron chi connectivity index (χ2n) is 27.8. The molecule has 0 aromatic heterocycles. The van der Waals surface area contributed by atoms with Crippen molar-refractivity contribution in [3.63, 3.8) is 0 Å². The van der Waals surface area contributed by atoms with Crippen LogP contribution in [0.1, 0.15) is 160 Å². The molecule has 4 aliphatic rings. The Morgan fingerprint density at radius 1 is 0.644 bits per heavy atom. The molecule has 3 N–H and O–H groups in total. The fraction of sp³-hybridized carbons (Fsp3) is 0.746. The lowest BCUT2D eigenvalue weighted by Crippen LogP contribution is -2.63. The summed E-state index contributed by atoms with van der Waals surface area (Å²) in [5.41, 5.74) is 0.113. The first-order chi connectivity index (χ1) is 42.0. The maximum atomic E-state index is 15.6. The predicted octanol–water partition coefficient (Wildman–Crippen LogP) is 4.99. The molecule has 1 aromatic carbocycles. The summed E-state index contributed by atoms with van der Waals surface area (Å²) in [6, 6.07) is -3.51. The van der Waals surface area contributed by atoms with Crippen molar-refractivity contribution in [1.82, 2.24) is 45.3 Å². The molecule has 0 spiro atoms. The highest BCUT2D eigenvalue weighted by Crippen LogP contribution is 2.66. The Kier molecular flexibility index (Phi) is 25.5. The van der Waals surface area contributed by atoms with Crippen LogP contribution in [0.5, 0.6) is 5.75 Å². The first-order valence-electron chi connectivity index (χ1n) is 32.6. The minimum atomic E-state index is -1.58. The molecule has 2 bridgehead atoms. The molecule has 23 nitrogen and oxygen atoms in total. The molecule has 3 unspecified atom stereocenters. The quantitative estimate of drug-likeness (QED) is 0.220. The molecular formula is C67H107N9O14. The number of piperidine rings is 1. The first-order valence-corrected chi connectivity index (χ1v) is 32.6. The van der Waals surface area contributed by atoms with Gasteiger partial charge in [0.15, 0.2) is 6.10 Å². The van der Waals surface area contributed by atoms with E-state index < -0.39 is 168 Å². The highest BCUT2D eigenvalue weighted by atomic mass is 16.6. The van der Waals surface area contributed by atoms with Crippen molar-refractivity contribution >= 4 is 65.1 Å². The molecular weight excluding hydrogens is 1150 g/mol. The highest BCUT2D eigenvalue weighted by Gasteiger charge is 2.63. The Labute approximate surface area is 534 Å². The van der Waals surface area contributed by atoms with Gasteiger partial charge in [-0.1, -0.05) is 115 Å². The van der Waals surface area contributed by atoms with E-state index in [1.54, 1.807) is 79.7 Å². The van der Waals surface area contributed by atoms with Gasteiger partial charge in [0.05, 0.1) is 20.1 Å². The minimum absolute atomic E-state index is 0.110. The normalized spacial score (nSPS) is 30.3. The molecule has 504 valence electrons. The number of carbonyl (C=O) groups excluding carboxylic acids is 11. The Morgan fingerprint density at radius 3 is 1.73 bits per heavy atom. The molecule has 1 aromatic rings. The number of hydrogen-bond donors (Lipinski definition) is 3. The average Bonchev–Trinajstić information content (AvgIpc) is 1.56. The van der Waals surface area contributed by atoms with Crippen molar-refractivity contribution in [2.45, 2.75) is 222 Å². The van der Waals surface area contributed by atoms with Crippen LogP contribution in [-0.2, 0) is 68.6 Å². The number of nitrogens with zero attached hydrogens (tertiary/aromatic N) is 6. The number of cyclic esters (lactones) is 1. The van der Waals surface area contributed by atoms with Gasteiger partial charge in [-0.2, -0.15) is 0 Å². The summed E-state index contributed by atoms with van der Waals surface area (Å²) < 4.78 is 17.6. The lowest BCUT2D eigenvalue weighted by atomic mass is 9.70. The molecule has 9 amide bonds. The van der Waals surface area contributed by atoms with Crippen LogP contribution in [0.3, 0.4) is 0 Å². The van der Waals surface area contributed by atoms with Crippen molar-refractivity contribution in [3.8, 4) is 5.75 Å². The van der Waals surface area contributed by atoms with E-state index in [1.165, 1.54) is 73.8 Å². The van der Waals surface area contributed by atoms with Gasteiger partial charge in [0.2, 0.25) is 47.3 Å². The Bertz CT molecular complexity index is 2770. The number of carbonyl (C=O) groups is 11. The molecule has 14 atom stereocenters. The fourth-order valence-electron chi connectivity index (χ4n) is 14.2. The number of benzene rings is 1. The standard InChI is InChI=1S/C67H107N9O14/c1-21-40(9)55-57(79)68-36-50(77)72(16)53(38(5)6)58(80)69-46(33-43-26-28-45(88-20)29-27-43)65(87)89-42(11)60(82)76-32-24-23-25-47(76)61(83)73(17)54(39(7)8)59(81)70-52(37(3)4)63(85)71(15)48(62(84)75(19)56(41(10)22-2)64(86)74(55)18)35-51(78)90-49-34-44-30-31-67(49,14)66(44,12)13/h26-29,37-42,44,46-49,52-56H,21-25,30-36H2,1-20H3,(H,68,79)(H,69,80)(H,70,81)/t40-,41-,42+,44?,46-,47-,48-,49?,52-,53-,54-,55-,56-,67?/m0/s1.